The van der Waals surface area contributed by atoms with Crippen LogP contribution in [0.4, 0.5) is 4.79 Å². The molecule has 0 radical (unpaired) electrons. The molecule has 1 aromatic rings. The lowest BCUT2D eigenvalue weighted by Gasteiger charge is -2.09. The second-order valence-corrected chi connectivity index (χ2v) is 4.63. The van der Waals surface area contributed by atoms with E-state index >= 15 is 0 Å². The highest BCUT2D eigenvalue weighted by molar-refractivity contribution is 6.32. The third-order valence-corrected chi connectivity index (χ3v) is 2.98. The molecule has 2 N–H and O–H groups in total. The maximum atomic E-state index is 11.5. The largest absolute Gasteiger partial charge is 0.488 e. The lowest BCUT2D eigenvalue weighted by Crippen LogP contribution is -2.32. The number of carbonyl (C=O) groups is 3. The number of hydrogen-bond donors (Lipinski definition) is 2. The first-order valence-corrected chi connectivity index (χ1v) is 6.58. The summed E-state index contributed by atoms with van der Waals surface area (Å²) >= 11 is 5.89. The van der Waals surface area contributed by atoms with E-state index in [0.29, 0.717) is 10.8 Å². The molecule has 1 saturated heterocycles. The third kappa shape index (κ3) is 4.35. The van der Waals surface area contributed by atoms with Gasteiger partial charge in [-0.3, -0.25) is 14.9 Å². The zero-order valence-corrected chi connectivity index (χ0v) is 11.7. The number of carbonyl (C=O) groups excluding carboxylic acids is 3. The zero-order chi connectivity index (χ0) is 15.2. The van der Waals surface area contributed by atoms with Crippen LogP contribution in [-0.2, 0) is 14.3 Å². The highest BCUT2D eigenvalue weighted by atomic mass is 35.5. The molecule has 0 bridgehead atoms. The van der Waals surface area contributed by atoms with Crippen molar-refractivity contribution in [2.24, 2.45) is 0 Å². The van der Waals surface area contributed by atoms with Crippen molar-refractivity contribution in [1.82, 2.24) is 10.6 Å². The smallest absolute Gasteiger partial charge is 0.322 e. The van der Waals surface area contributed by atoms with Crippen molar-refractivity contribution in [3.8, 4) is 5.75 Å². The first-order chi connectivity index (χ1) is 10.1. The molecule has 2 rings (SSSR count). The number of para-hydroxylation sites is 1. The minimum absolute atomic E-state index is 0.0202. The van der Waals surface area contributed by atoms with E-state index in [2.05, 4.69) is 5.32 Å². The Labute approximate surface area is 125 Å². The Morgan fingerprint density at radius 3 is 2.67 bits per heavy atom. The average molecular weight is 313 g/mol. The van der Waals surface area contributed by atoms with Crippen molar-refractivity contribution in [2.45, 2.75) is 12.5 Å². The second kappa shape index (κ2) is 6.94. The average Bonchev–Trinajstić information content (AvgIpc) is 2.75. The summed E-state index contributed by atoms with van der Waals surface area (Å²) in [4.78, 5) is 33.6. The number of amides is 3. The van der Waals surface area contributed by atoms with Gasteiger partial charge in [-0.15, -0.1) is 0 Å². The van der Waals surface area contributed by atoms with Gasteiger partial charge in [-0.05, 0) is 12.1 Å². The highest BCUT2D eigenvalue weighted by Gasteiger charge is 2.31. The van der Waals surface area contributed by atoms with E-state index in [0.717, 1.165) is 0 Å². The van der Waals surface area contributed by atoms with E-state index in [1.54, 1.807) is 24.3 Å². The van der Waals surface area contributed by atoms with Crippen molar-refractivity contribution in [1.29, 1.82) is 0 Å². The topological polar surface area (TPSA) is 93.7 Å². The molecule has 1 fully saturated rings. The van der Waals surface area contributed by atoms with Gasteiger partial charge in [0.15, 0.2) is 0 Å². The van der Waals surface area contributed by atoms with Crippen molar-refractivity contribution in [2.75, 3.05) is 13.2 Å². The Morgan fingerprint density at radius 1 is 1.24 bits per heavy atom. The molecule has 0 aliphatic carbocycles. The van der Waals surface area contributed by atoms with Crippen LogP contribution in [0.25, 0.3) is 0 Å². The molecule has 1 aliphatic heterocycles. The van der Waals surface area contributed by atoms with Crippen LogP contribution < -0.4 is 15.4 Å². The summed E-state index contributed by atoms with van der Waals surface area (Å²) in [5.41, 5.74) is 0. The minimum atomic E-state index is -0.880. The van der Waals surface area contributed by atoms with Crippen molar-refractivity contribution < 1.29 is 23.9 Å². The zero-order valence-electron chi connectivity index (χ0n) is 10.9. The van der Waals surface area contributed by atoms with Crippen LogP contribution in [0.2, 0.25) is 5.02 Å². The molecule has 0 spiro atoms. The fourth-order valence-electron chi connectivity index (χ4n) is 1.70. The molecule has 21 heavy (non-hydrogen) atoms. The van der Waals surface area contributed by atoms with Gasteiger partial charge in [0.05, 0.1) is 11.4 Å². The number of urea groups is 1. The van der Waals surface area contributed by atoms with E-state index < -0.39 is 23.9 Å². The number of ether oxygens (including phenoxy) is 2. The van der Waals surface area contributed by atoms with Gasteiger partial charge >= 0.3 is 12.0 Å². The van der Waals surface area contributed by atoms with Crippen molar-refractivity contribution in [3.05, 3.63) is 29.3 Å². The summed E-state index contributed by atoms with van der Waals surface area (Å²) in [6.07, 6.45) is -0.219. The van der Waals surface area contributed by atoms with E-state index in [9.17, 15) is 14.4 Å². The van der Waals surface area contributed by atoms with Crippen LogP contribution in [0.3, 0.4) is 0 Å². The molecule has 0 aromatic heterocycles. The molecule has 0 saturated carbocycles. The van der Waals surface area contributed by atoms with Gasteiger partial charge in [0, 0.05) is 0 Å². The fraction of sp³-hybridized carbons (Fsp3) is 0.308. The van der Waals surface area contributed by atoms with Crippen LogP contribution >= 0.6 is 11.6 Å². The Kier molecular flexibility index (Phi) is 4.99. The molecule has 112 valence electrons. The number of benzene rings is 1. The van der Waals surface area contributed by atoms with Crippen molar-refractivity contribution in [3.63, 3.8) is 0 Å². The lowest BCUT2D eigenvalue weighted by atomic mass is 10.2. The summed E-state index contributed by atoms with van der Waals surface area (Å²) < 4.78 is 10.2. The molecule has 8 heteroatoms. The van der Waals surface area contributed by atoms with Gasteiger partial charge in [0.2, 0.25) is 0 Å². The monoisotopic (exact) mass is 312 g/mol. The fourth-order valence-corrected chi connectivity index (χ4v) is 1.89. The predicted octanol–water partition coefficient (Wildman–Crippen LogP) is 0.860. The van der Waals surface area contributed by atoms with Gasteiger partial charge < -0.3 is 14.8 Å². The molecule has 1 aliphatic rings. The van der Waals surface area contributed by atoms with Crippen LogP contribution in [0.5, 0.6) is 5.75 Å². The number of rotatable bonds is 6. The molecular formula is C13H13ClN2O5. The van der Waals surface area contributed by atoms with Crippen LogP contribution in [0.1, 0.15) is 6.42 Å². The number of halogens is 1. The van der Waals surface area contributed by atoms with Gasteiger partial charge in [-0.2, -0.15) is 0 Å². The Morgan fingerprint density at radius 2 is 2.00 bits per heavy atom. The normalized spacial score (nSPS) is 17.1. The first kappa shape index (κ1) is 15.1. The number of imide groups is 1. The summed E-state index contributed by atoms with van der Waals surface area (Å²) in [6.45, 7) is 0.158. The van der Waals surface area contributed by atoms with Gasteiger partial charge in [-0.1, -0.05) is 23.7 Å². The van der Waals surface area contributed by atoms with Gasteiger partial charge in [-0.25, -0.2) is 4.79 Å². The number of nitrogens with one attached hydrogen (secondary N) is 2. The van der Waals surface area contributed by atoms with Crippen LogP contribution in [0, 0.1) is 0 Å². The summed E-state index contributed by atoms with van der Waals surface area (Å²) in [5.74, 6) is -0.637. The standard InChI is InChI=1S/C13H13ClN2O5/c14-8-3-1-2-4-10(8)20-5-6-21-11(17)7-9-12(18)16-13(19)15-9/h1-4,9H,5-7H2,(H2,15,16,18,19)/t9-/m0/s1. The molecule has 7 nitrogen and oxygen atoms in total. The number of hydrogen-bond acceptors (Lipinski definition) is 5. The maximum absolute atomic E-state index is 11.5. The minimum Gasteiger partial charge on any atom is -0.488 e. The molecule has 3 amide bonds. The molecule has 0 unspecified atom stereocenters. The molecular weight excluding hydrogens is 300 g/mol. The van der Waals surface area contributed by atoms with Crippen molar-refractivity contribution >= 4 is 29.5 Å². The molecule has 1 aromatic carbocycles. The summed E-state index contributed by atoms with van der Waals surface area (Å²) in [6, 6.07) is 5.44. The first-order valence-electron chi connectivity index (χ1n) is 6.20. The van der Waals surface area contributed by atoms with E-state index in [4.69, 9.17) is 21.1 Å². The predicted molar refractivity (Wildman–Crippen MR) is 73.0 cm³/mol. The van der Waals surface area contributed by atoms with E-state index in [1.165, 1.54) is 0 Å². The van der Waals surface area contributed by atoms with E-state index in [1.807, 2.05) is 5.32 Å². The van der Waals surface area contributed by atoms with Gasteiger partial charge in [0.25, 0.3) is 5.91 Å². The Balaban J connectivity index is 1.67. The Bertz CT molecular complexity index is 563. The molecule has 1 atom stereocenters. The van der Waals surface area contributed by atoms with Gasteiger partial charge in [0.1, 0.15) is 25.0 Å². The lowest BCUT2D eigenvalue weighted by molar-refractivity contribution is -0.146. The summed E-state index contributed by atoms with van der Waals surface area (Å²) in [7, 11) is 0. The van der Waals surface area contributed by atoms with E-state index in [-0.39, 0.29) is 19.6 Å². The van der Waals surface area contributed by atoms with Crippen LogP contribution in [0.15, 0.2) is 24.3 Å². The second-order valence-electron chi connectivity index (χ2n) is 4.22. The SMILES string of the molecule is O=C1NC(=O)[C@H](CC(=O)OCCOc2ccccc2Cl)N1. The number of esters is 1. The summed E-state index contributed by atoms with van der Waals surface area (Å²) in [5, 5.41) is 4.81. The quantitative estimate of drug-likeness (QED) is 0.461. The Hall–Kier alpha value is -2.28. The molecule has 1 heterocycles. The maximum Gasteiger partial charge on any atom is 0.322 e. The highest BCUT2D eigenvalue weighted by Crippen LogP contribution is 2.22. The van der Waals surface area contributed by atoms with Crippen LogP contribution in [-0.4, -0.2) is 37.2 Å². The third-order valence-electron chi connectivity index (χ3n) is 2.67.